The minimum Gasteiger partial charge on any atom is -0.512 e. The molecule has 1 atom stereocenters. The van der Waals surface area contributed by atoms with Crippen molar-refractivity contribution in [3.63, 3.8) is 0 Å². The van der Waals surface area contributed by atoms with E-state index in [0.29, 0.717) is 23.4 Å². The Labute approximate surface area is 141 Å². The zero-order chi connectivity index (χ0) is 16.6. The number of hydrogen-bond donors (Lipinski definition) is 1. The van der Waals surface area contributed by atoms with Gasteiger partial charge in [-0.15, -0.1) is 0 Å². The summed E-state index contributed by atoms with van der Waals surface area (Å²) in [6.07, 6.45) is 1.05. The fourth-order valence-electron chi connectivity index (χ4n) is 3.10. The first kappa shape index (κ1) is 15.8. The second kappa shape index (κ2) is 6.21. The van der Waals surface area contributed by atoms with E-state index in [1.807, 2.05) is 56.3 Å². The largest absolute Gasteiger partial charge is 0.512 e. The average molecular weight is 327 g/mol. The molecule has 118 valence electrons. The Kier molecular flexibility index (Phi) is 4.27. The maximum absolute atomic E-state index is 12.4. The number of halogens is 1. The van der Waals surface area contributed by atoms with Gasteiger partial charge < -0.3 is 5.11 Å². The Morgan fingerprint density at radius 1 is 1.04 bits per heavy atom. The molecule has 1 aliphatic rings. The van der Waals surface area contributed by atoms with Gasteiger partial charge in [0.2, 0.25) is 0 Å². The van der Waals surface area contributed by atoms with Crippen molar-refractivity contribution in [2.75, 3.05) is 0 Å². The van der Waals surface area contributed by atoms with Crippen molar-refractivity contribution in [1.82, 2.24) is 0 Å². The van der Waals surface area contributed by atoms with Crippen LogP contribution >= 0.6 is 11.6 Å². The van der Waals surface area contributed by atoms with Gasteiger partial charge in [0.15, 0.2) is 5.78 Å². The Bertz CT molecular complexity index is 788. The number of benzene rings is 2. The molecule has 2 aromatic carbocycles. The van der Waals surface area contributed by atoms with Gasteiger partial charge in [-0.05, 0) is 53.3 Å². The van der Waals surface area contributed by atoms with Crippen LogP contribution in [-0.4, -0.2) is 10.9 Å². The van der Waals surface area contributed by atoms with Crippen molar-refractivity contribution in [3.05, 3.63) is 64.4 Å². The minimum absolute atomic E-state index is 0.0256. The van der Waals surface area contributed by atoms with Crippen molar-refractivity contribution in [1.29, 1.82) is 0 Å². The highest BCUT2D eigenvalue weighted by molar-refractivity contribution is 6.30. The van der Waals surface area contributed by atoms with Gasteiger partial charge in [0.05, 0.1) is 5.57 Å². The Balaban J connectivity index is 2.10. The lowest BCUT2D eigenvalue weighted by atomic mass is 9.83. The number of carbonyl (C=O) groups excluding carboxylic acids is 1. The van der Waals surface area contributed by atoms with E-state index >= 15 is 0 Å². The molecule has 2 nitrogen and oxygen atoms in total. The number of rotatable bonds is 2. The number of hydrogen-bond acceptors (Lipinski definition) is 2. The van der Waals surface area contributed by atoms with Gasteiger partial charge in [0, 0.05) is 17.9 Å². The summed E-state index contributed by atoms with van der Waals surface area (Å²) in [7, 11) is 0. The second-order valence-corrected chi connectivity index (χ2v) is 6.73. The molecule has 3 heteroatoms. The summed E-state index contributed by atoms with van der Waals surface area (Å²) in [4.78, 5) is 12.4. The molecule has 0 bridgehead atoms. The second-order valence-electron chi connectivity index (χ2n) is 6.29. The zero-order valence-corrected chi connectivity index (χ0v) is 14.0. The Morgan fingerprint density at radius 2 is 1.70 bits per heavy atom. The Morgan fingerprint density at radius 3 is 2.35 bits per heavy atom. The maximum Gasteiger partial charge on any atom is 0.167 e. The monoisotopic (exact) mass is 326 g/mol. The number of aliphatic hydroxyl groups is 1. The number of carbonyl (C=O) groups is 1. The highest BCUT2D eigenvalue weighted by Gasteiger charge is 2.27. The molecule has 1 unspecified atom stereocenters. The van der Waals surface area contributed by atoms with E-state index in [2.05, 4.69) is 0 Å². The van der Waals surface area contributed by atoms with E-state index in [1.54, 1.807) is 0 Å². The highest BCUT2D eigenvalue weighted by atomic mass is 35.5. The fourth-order valence-corrected chi connectivity index (χ4v) is 3.23. The molecule has 0 aliphatic heterocycles. The van der Waals surface area contributed by atoms with Gasteiger partial charge in [0.25, 0.3) is 0 Å². The first-order valence-electron chi connectivity index (χ1n) is 7.78. The minimum atomic E-state index is 0.0256. The number of Topliss-reactive ketones (excluding diaryl/α,β-unsaturated/α-hetero) is 1. The molecule has 0 spiro atoms. The molecule has 0 saturated carbocycles. The molecule has 1 N–H and O–H groups in total. The SMILES string of the molecule is Cc1ccc(-c2ccc(Cl)cc2)cc1C1=C(O)CC(C)CC1=O. The van der Waals surface area contributed by atoms with Crippen LogP contribution < -0.4 is 0 Å². The van der Waals surface area contributed by atoms with Gasteiger partial charge in [-0.3, -0.25) is 4.79 Å². The molecule has 0 aromatic heterocycles. The number of allylic oxidation sites excluding steroid dienone is 2. The normalized spacial score (nSPS) is 18.4. The number of ketones is 1. The van der Waals surface area contributed by atoms with Crippen LogP contribution in [0.1, 0.15) is 30.9 Å². The first-order valence-corrected chi connectivity index (χ1v) is 8.16. The molecule has 3 rings (SSSR count). The zero-order valence-electron chi connectivity index (χ0n) is 13.3. The first-order chi connectivity index (χ1) is 11.0. The van der Waals surface area contributed by atoms with Crippen molar-refractivity contribution >= 4 is 23.0 Å². The molecule has 0 heterocycles. The molecular weight excluding hydrogens is 308 g/mol. The van der Waals surface area contributed by atoms with Gasteiger partial charge in [-0.25, -0.2) is 0 Å². The van der Waals surface area contributed by atoms with Crippen LogP contribution in [0.5, 0.6) is 0 Å². The third kappa shape index (κ3) is 3.18. The van der Waals surface area contributed by atoms with Crippen LogP contribution in [0, 0.1) is 12.8 Å². The van der Waals surface area contributed by atoms with Crippen LogP contribution in [0.15, 0.2) is 48.2 Å². The molecule has 0 amide bonds. The lowest BCUT2D eigenvalue weighted by Gasteiger charge is -2.22. The summed E-state index contributed by atoms with van der Waals surface area (Å²) >= 11 is 5.94. The summed E-state index contributed by atoms with van der Waals surface area (Å²) < 4.78 is 0. The molecule has 0 radical (unpaired) electrons. The van der Waals surface area contributed by atoms with Crippen LogP contribution in [0.4, 0.5) is 0 Å². The maximum atomic E-state index is 12.4. The van der Waals surface area contributed by atoms with E-state index in [1.165, 1.54) is 0 Å². The van der Waals surface area contributed by atoms with E-state index in [-0.39, 0.29) is 17.5 Å². The number of aryl methyl sites for hydroxylation is 1. The predicted octanol–water partition coefficient (Wildman–Crippen LogP) is 5.58. The third-order valence-electron chi connectivity index (χ3n) is 4.33. The summed E-state index contributed by atoms with van der Waals surface area (Å²) in [5.41, 5.74) is 4.34. The lowest BCUT2D eigenvalue weighted by molar-refractivity contribution is -0.115. The van der Waals surface area contributed by atoms with Crippen LogP contribution in [0.3, 0.4) is 0 Å². The van der Waals surface area contributed by atoms with Gasteiger partial charge in [-0.1, -0.05) is 42.8 Å². The smallest absolute Gasteiger partial charge is 0.167 e. The van der Waals surface area contributed by atoms with Gasteiger partial charge >= 0.3 is 0 Å². The molecule has 1 aliphatic carbocycles. The van der Waals surface area contributed by atoms with Crippen LogP contribution in [-0.2, 0) is 4.79 Å². The highest BCUT2D eigenvalue weighted by Crippen LogP contribution is 2.35. The van der Waals surface area contributed by atoms with Gasteiger partial charge in [0.1, 0.15) is 5.76 Å². The van der Waals surface area contributed by atoms with Crippen molar-refractivity contribution in [2.24, 2.45) is 5.92 Å². The quantitative estimate of drug-likeness (QED) is 0.781. The molecule has 0 fully saturated rings. The molecule has 2 aromatic rings. The Hall–Kier alpha value is -2.06. The van der Waals surface area contributed by atoms with E-state index < -0.39 is 0 Å². The number of aliphatic hydroxyl groups excluding tert-OH is 1. The van der Waals surface area contributed by atoms with E-state index in [4.69, 9.17) is 11.6 Å². The summed E-state index contributed by atoms with van der Waals surface area (Å²) in [5, 5.41) is 11.0. The lowest BCUT2D eigenvalue weighted by Crippen LogP contribution is -2.17. The predicted molar refractivity (Wildman–Crippen MR) is 94.6 cm³/mol. The van der Waals surface area contributed by atoms with E-state index in [0.717, 1.165) is 22.3 Å². The summed E-state index contributed by atoms with van der Waals surface area (Å²) in [6.45, 7) is 3.95. The fraction of sp³-hybridized carbons (Fsp3) is 0.250. The van der Waals surface area contributed by atoms with Gasteiger partial charge in [-0.2, -0.15) is 0 Å². The van der Waals surface area contributed by atoms with Crippen LogP contribution in [0.2, 0.25) is 5.02 Å². The third-order valence-corrected chi connectivity index (χ3v) is 4.58. The average Bonchev–Trinajstić information content (AvgIpc) is 2.49. The van der Waals surface area contributed by atoms with E-state index in [9.17, 15) is 9.90 Å². The molecule has 23 heavy (non-hydrogen) atoms. The molecule has 0 saturated heterocycles. The standard InChI is InChI=1S/C20H19ClO2/c1-12-9-18(22)20(19(23)10-12)17-11-15(4-3-13(17)2)14-5-7-16(21)8-6-14/h3-8,11-12,22H,9-10H2,1-2H3. The van der Waals surface area contributed by atoms with Crippen molar-refractivity contribution in [3.8, 4) is 11.1 Å². The molecular formula is C20H19ClO2. The van der Waals surface area contributed by atoms with Crippen molar-refractivity contribution in [2.45, 2.75) is 26.7 Å². The van der Waals surface area contributed by atoms with Crippen LogP contribution in [0.25, 0.3) is 16.7 Å². The van der Waals surface area contributed by atoms with Crippen molar-refractivity contribution < 1.29 is 9.90 Å². The summed E-state index contributed by atoms with van der Waals surface area (Å²) in [5.74, 6) is 0.439. The summed E-state index contributed by atoms with van der Waals surface area (Å²) in [6, 6.07) is 13.6. The topological polar surface area (TPSA) is 37.3 Å².